The summed E-state index contributed by atoms with van der Waals surface area (Å²) >= 11 is 6.29. The van der Waals surface area contributed by atoms with Gasteiger partial charge in [-0.05, 0) is 54.6 Å². The topological polar surface area (TPSA) is 126 Å². The van der Waals surface area contributed by atoms with E-state index >= 15 is 0 Å². The van der Waals surface area contributed by atoms with Crippen molar-refractivity contribution < 1.29 is 22.7 Å². The summed E-state index contributed by atoms with van der Waals surface area (Å²) in [7, 11) is -2.45. The van der Waals surface area contributed by atoms with Crippen LogP contribution in [0.4, 0.5) is 11.6 Å². The number of halogens is 1. The van der Waals surface area contributed by atoms with Crippen molar-refractivity contribution in [2.24, 2.45) is 0 Å². The summed E-state index contributed by atoms with van der Waals surface area (Å²) < 4.78 is 40.0. The second kappa shape index (κ2) is 13.7. The molecule has 0 aliphatic carbocycles. The van der Waals surface area contributed by atoms with E-state index in [0.29, 0.717) is 35.2 Å². The Balaban J connectivity index is 1.14. The summed E-state index contributed by atoms with van der Waals surface area (Å²) in [5, 5.41) is 3.22. The Kier molecular flexibility index (Phi) is 9.60. The molecule has 1 aliphatic heterocycles. The number of hydrogen-bond acceptors (Lipinski definition) is 9. The van der Waals surface area contributed by atoms with Gasteiger partial charge in [0.25, 0.3) is 15.9 Å². The molecule has 0 unspecified atom stereocenters. The summed E-state index contributed by atoms with van der Waals surface area (Å²) in [4.78, 5) is 25.7. The highest BCUT2D eigenvalue weighted by molar-refractivity contribution is 7.92. The van der Waals surface area contributed by atoms with Crippen LogP contribution < -0.4 is 24.4 Å². The van der Waals surface area contributed by atoms with Gasteiger partial charge < -0.3 is 19.7 Å². The number of carbonyl (C=O) groups is 1. The van der Waals surface area contributed by atoms with Gasteiger partial charge in [-0.2, -0.15) is 0 Å². The van der Waals surface area contributed by atoms with Gasteiger partial charge in [0, 0.05) is 63.3 Å². The third kappa shape index (κ3) is 7.72. The monoisotopic (exact) mass is 622 g/mol. The highest BCUT2D eigenvalue weighted by Crippen LogP contribution is 2.36. The number of nitrogens with zero attached hydrogens (tertiary/aromatic N) is 4. The quantitative estimate of drug-likeness (QED) is 0.252. The average molecular weight is 623 g/mol. The van der Waals surface area contributed by atoms with E-state index in [1.807, 2.05) is 0 Å². The zero-order valence-corrected chi connectivity index (χ0v) is 25.0. The lowest BCUT2D eigenvalue weighted by Crippen LogP contribution is -2.49. The van der Waals surface area contributed by atoms with Crippen molar-refractivity contribution in [2.75, 3.05) is 56.0 Å². The Morgan fingerprint density at radius 1 is 0.930 bits per heavy atom. The van der Waals surface area contributed by atoms with E-state index < -0.39 is 10.0 Å². The third-order valence-corrected chi connectivity index (χ3v) is 8.51. The summed E-state index contributed by atoms with van der Waals surface area (Å²) in [6, 6.07) is 19.1. The molecular formula is C30H31ClN6O5S. The number of amides is 1. The molecule has 13 heteroatoms. The molecule has 0 saturated carbocycles. The molecule has 3 aromatic carbocycles. The van der Waals surface area contributed by atoms with Gasteiger partial charge >= 0.3 is 0 Å². The van der Waals surface area contributed by atoms with Crippen LogP contribution in [0.15, 0.2) is 90.1 Å². The fourth-order valence-electron chi connectivity index (χ4n) is 4.49. The second-order valence-electron chi connectivity index (χ2n) is 9.66. The number of piperazine rings is 1. The van der Waals surface area contributed by atoms with Gasteiger partial charge in [0.1, 0.15) is 11.5 Å². The van der Waals surface area contributed by atoms with Crippen LogP contribution in [0.25, 0.3) is 0 Å². The number of anilines is 2. The Morgan fingerprint density at radius 2 is 1.65 bits per heavy atom. The van der Waals surface area contributed by atoms with Crippen molar-refractivity contribution in [3.63, 3.8) is 0 Å². The molecule has 1 fully saturated rings. The van der Waals surface area contributed by atoms with Crippen molar-refractivity contribution in [3.8, 4) is 17.2 Å². The maximum absolute atomic E-state index is 13.2. The number of sulfonamides is 1. The number of carbonyl (C=O) groups excluding carboxylic acids is 1. The molecule has 0 atom stereocenters. The van der Waals surface area contributed by atoms with Crippen molar-refractivity contribution in [3.05, 3.63) is 95.8 Å². The van der Waals surface area contributed by atoms with Gasteiger partial charge in [-0.3, -0.25) is 14.4 Å². The summed E-state index contributed by atoms with van der Waals surface area (Å²) in [5.41, 5.74) is 0.594. The molecule has 2 N–H and O–H groups in total. The van der Waals surface area contributed by atoms with Crippen LogP contribution >= 0.6 is 11.6 Å². The number of para-hydroxylation sites is 2. The van der Waals surface area contributed by atoms with Gasteiger partial charge in [-0.25, -0.2) is 18.4 Å². The van der Waals surface area contributed by atoms with Crippen LogP contribution in [-0.2, 0) is 10.0 Å². The van der Waals surface area contributed by atoms with Crippen molar-refractivity contribution in [2.45, 2.75) is 4.90 Å². The van der Waals surface area contributed by atoms with Crippen LogP contribution in [0.1, 0.15) is 10.4 Å². The first-order chi connectivity index (χ1) is 20.8. The van der Waals surface area contributed by atoms with Crippen molar-refractivity contribution in [1.82, 2.24) is 20.2 Å². The predicted octanol–water partition coefficient (Wildman–Crippen LogP) is 4.28. The molecule has 0 bridgehead atoms. The van der Waals surface area contributed by atoms with Gasteiger partial charge in [0.05, 0.1) is 22.7 Å². The first-order valence-electron chi connectivity index (χ1n) is 13.6. The van der Waals surface area contributed by atoms with Crippen LogP contribution in [0, 0.1) is 0 Å². The van der Waals surface area contributed by atoms with E-state index in [-0.39, 0.29) is 22.2 Å². The number of rotatable bonds is 11. The van der Waals surface area contributed by atoms with Gasteiger partial charge in [-0.1, -0.05) is 23.7 Å². The summed E-state index contributed by atoms with van der Waals surface area (Å²) in [5.74, 6) is 1.63. The second-order valence-corrected chi connectivity index (χ2v) is 11.7. The summed E-state index contributed by atoms with van der Waals surface area (Å²) in [6.07, 6.45) is 3.47. The standard InChI is InChI=1S/C30H31ClN6O5S/c1-41-23-9-12-27(25(31)21-23)42-28-6-3-2-5-26(28)35-43(39,40)24-10-7-22(8-11-24)29(38)32-15-16-36-17-19-37(20-18-36)30-33-13-4-14-34-30/h2-14,21,35H,15-20H2,1H3,(H,32,38). The van der Waals surface area contributed by atoms with Crippen molar-refractivity contribution in [1.29, 1.82) is 0 Å². The minimum Gasteiger partial charge on any atom is -0.497 e. The van der Waals surface area contributed by atoms with E-state index in [2.05, 4.69) is 29.8 Å². The maximum Gasteiger partial charge on any atom is 0.262 e. The Hall–Kier alpha value is -4.39. The Bertz CT molecular complexity index is 1650. The predicted molar refractivity (Wildman–Crippen MR) is 165 cm³/mol. The SMILES string of the molecule is COc1ccc(Oc2ccccc2NS(=O)(=O)c2ccc(C(=O)NCCN3CCN(c4ncccn4)CC3)cc2)c(Cl)c1. The first kappa shape index (κ1) is 30.1. The maximum atomic E-state index is 13.2. The minimum absolute atomic E-state index is 0.00148. The lowest BCUT2D eigenvalue weighted by atomic mass is 10.2. The smallest absolute Gasteiger partial charge is 0.262 e. The van der Waals surface area contributed by atoms with E-state index in [1.54, 1.807) is 60.9 Å². The molecule has 5 rings (SSSR count). The van der Waals surface area contributed by atoms with Gasteiger partial charge in [0.2, 0.25) is 5.95 Å². The molecule has 4 aromatic rings. The van der Waals surface area contributed by atoms with Crippen LogP contribution in [0.3, 0.4) is 0 Å². The molecule has 0 radical (unpaired) electrons. The molecular weight excluding hydrogens is 592 g/mol. The van der Waals surface area contributed by atoms with E-state index in [0.717, 1.165) is 32.1 Å². The Morgan fingerprint density at radius 3 is 2.35 bits per heavy atom. The lowest BCUT2D eigenvalue weighted by molar-refractivity contribution is 0.0947. The Labute approximate surface area is 255 Å². The molecule has 0 spiro atoms. The molecule has 1 aromatic heterocycles. The molecule has 1 saturated heterocycles. The third-order valence-electron chi connectivity index (χ3n) is 6.84. The zero-order chi connectivity index (χ0) is 30.2. The molecule has 1 aliphatic rings. The normalized spacial score (nSPS) is 13.8. The van der Waals surface area contributed by atoms with Crippen molar-refractivity contribution >= 4 is 39.2 Å². The minimum atomic E-state index is -3.98. The van der Waals surface area contributed by atoms with E-state index in [4.69, 9.17) is 21.1 Å². The van der Waals surface area contributed by atoms with Crippen LogP contribution in [-0.4, -0.2) is 75.6 Å². The molecule has 11 nitrogen and oxygen atoms in total. The fourth-order valence-corrected chi connectivity index (χ4v) is 5.77. The van der Waals surface area contributed by atoms with Gasteiger partial charge in [-0.15, -0.1) is 0 Å². The molecule has 1 amide bonds. The number of nitrogens with one attached hydrogen (secondary N) is 2. The number of hydrogen-bond donors (Lipinski definition) is 2. The molecule has 2 heterocycles. The number of methoxy groups -OCH3 is 1. The lowest BCUT2D eigenvalue weighted by Gasteiger charge is -2.34. The van der Waals surface area contributed by atoms with E-state index in [9.17, 15) is 13.2 Å². The first-order valence-corrected chi connectivity index (χ1v) is 15.4. The molecule has 224 valence electrons. The number of aromatic nitrogens is 2. The highest BCUT2D eigenvalue weighted by atomic mass is 35.5. The van der Waals surface area contributed by atoms with Crippen LogP contribution in [0.2, 0.25) is 5.02 Å². The fraction of sp³-hybridized carbons (Fsp3) is 0.233. The summed E-state index contributed by atoms with van der Waals surface area (Å²) in [6.45, 7) is 4.48. The van der Waals surface area contributed by atoms with Gasteiger partial charge in [0.15, 0.2) is 5.75 Å². The molecule has 43 heavy (non-hydrogen) atoms. The zero-order valence-electron chi connectivity index (χ0n) is 23.4. The average Bonchev–Trinajstić information content (AvgIpc) is 3.03. The van der Waals surface area contributed by atoms with Crippen LogP contribution in [0.5, 0.6) is 17.2 Å². The van der Waals surface area contributed by atoms with E-state index in [1.165, 1.54) is 31.4 Å². The number of ether oxygens (including phenoxy) is 2. The number of benzene rings is 3. The largest absolute Gasteiger partial charge is 0.497 e. The highest BCUT2D eigenvalue weighted by Gasteiger charge is 2.20.